The van der Waals surface area contributed by atoms with Crippen molar-refractivity contribution in [3.8, 4) is 11.5 Å². The molecule has 2 aromatic heterocycles. The summed E-state index contributed by atoms with van der Waals surface area (Å²) in [4.78, 5) is 12.2. The van der Waals surface area contributed by atoms with Gasteiger partial charge in [-0.2, -0.15) is 0 Å². The van der Waals surface area contributed by atoms with Crippen molar-refractivity contribution in [2.45, 2.75) is 13.0 Å². The van der Waals surface area contributed by atoms with E-state index in [0.29, 0.717) is 17.3 Å². The molecule has 1 amide bonds. The first-order valence-corrected chi connectivity index (χ1v) is 7.88. The second-order valence-corrected chi connectivity index (χ2v) is 5.66. The number of hydrogen-bond acceptors (Lipinski definition) is 5. The topological polar surface area (TPSA) is 77.8 Å². The molecule has 0 fully saturated rings. The maximum atomic E-state index is 12.2. The monoisotopic (exact) mass is 336 g/mol. The maximum Gasteiger partial charge on any atom is 0.244 e. The quantitative estimate of drug-likeness (QED) is 0.740. The van der Waals surface area contributed by atoms with Gasteiger partial charge < -0.3 is 14.8 Å². The summed E-state index contributed by atoms with van der Waals surface area (Å²) in [5.41, 5.74) is 1.61. The van der Waals surface area contributed by atoms with Gasteiger partial charge in [0, 0.05) is 12.3 Å². The van der Waals surface area contributed by atoms with E-state index in [1.807, 2.05) is 53.9 Å². The van der Waals surface area contributed by atoms with E-state index in [9.17, 15) is 4.79 Å². The average molecular weight is 336 g/mol. The number of hydrogen-bond donors (Lipinski definition) is 1. The van der Waals surface area contributed by atoms with E-state index in [0.717, 1.165) is 11.2 Å². The molecule has 0 aliphatic carbocycles. The number of rotatable bonds is 4. The number of nitrogens with zero attached hydrogens (tertiary/aromatic N) is 3. The number of benzene rings is 1. The van der Waals surface area contributed by atoms with E-state index in [4.69, 9.17) is 9.47 Å². The molecule has 0 saturated heterocycles. The van der Waals surface area contributed by atoms with Crippen LogP contribution in [0.1, 0.15) is 24.4 Å². The molecule has 3 aromatic rings. The summed E-state index contributed by atoms with van der Waals surface area (Å²) >= 11 is 0. The highest BCUT2D eigenvalue weighted by molar-refractivity contribution is 5.92. The number of carbonyl (C=O) groups is 1. The van der Waals surface area contributed by atoms with Crippen LogP contribution in [-0.4, -0.2) is 27.3 Å². The second kappa shape index (κ2) is 6.27. The van der Waals surface area contributed by atoms with Crippen LogP contribution in [-0.2, 0) is 4.79 Å². The third-order valence-electron chi connectivity index (χ3n) is 3.91. The second-order valence-electron chi connectivity index (χ2n) is 5.66. The lowest BCUT2D eigenvalue weighted by atomic mass is 10.2. The summed E-state index contributed by atoms with van der Waals surface area (Å²) in [6.07, 6.45) is 5.08. The van der Waals surface area contributed by atoms with Crippen LogP contribution in [0.25, 0.3) is 11.7 Å². The molecule has 126 valence electrons. The molecule has 0 unspecified atom stereocenters. The minimum absolute atomic E-state index is 0.210. The molecule has 1 aliphatic rings. The van der Waals surface area contributed by atoms with E-state index in [2.05, 4.69) is 15.5 Å². The average Bonchev–Trinajstić information content (AvgIpc) is 3.26. The molecule has 0 spiro atoms. The lowest BCUT2D eigenvalue weighted by Gasteiger charge is -2.10. The molecular weight excluding hydrogens is 320 g/mol. The molecule has 1 N–H and O–H groups in total. The summed E-state index contributed by atoms with van der Waals surface area (Å²) in [5.74, 6) is 1.87. The van der Waals surface area contributed by atoms with Crippen LogP contribution < -0.4 is 14.8 Å². The van der Waals surface area contributed by atoms with Gasteiger partial charge in [-0.05, 0) is 42.8 Å². The van der Waals surface area contributed by atoms with Gasteiger partial charge in [0.15, 0.2) is 23.0 Å². The summed E-state index contributed by atoms with van der Waals surface area (Å²) in [5, 5.41) is 11.1. The third-order valence-corrected chi connectivity index (χ3v) is 3.91. The van der Waals surface area contributed by atoms with Gasteiger partial charge in [0.1, 0.15) is 0 Å². The molecule has 1 atom stereocenters. The number of amides is 1. The van der Waals surface area contributed by atoms with E-state index >= 15 is 0 Å². The van der Waals surface area contributed by atoms with Crippen LogP contribution in [0.4, 0.5) is 0 Å². The summed E-state index contributed by atoms with van der Waals surface area (Å²) in [7, 11) is 0. The molecular formula is C18H16N4O3. The number of carbonyl (C=O) groups excluding carboxylic acids is 1. The Morgan fingerprint density at radius 3 is 3.04 bits per heavy atom. The molecule has 4 rings (SSSR count). The molecule has 25 heavy (non-hydrogen) atoms. The Hall–Kier alpha value is -3.35. The van der Waals surface area contributed by atoms with Gasteiger partial charge in [-0.15, -0.1) is 10.2 Å². The fraction of sp³-hybridized carbons (Fsp3) is 0.167. The molecule has 0 saturated carbocycles. The van der Waals surface area contributed by atoms with Crippen molar-refractivity contribution in [2.75, 3.05) is 6.79 Å². The van der Waals surface area contributed by atoms with Crippen molar-refractivity contribution in [3.63, 3.8) is 0 Å². The number of aromatic nitrogens is 3. The Labute approximate surface area is 143 Å². The Morgan fingerprint density at radius 2 is 2.12 bits per heavy atom. The van der Waals surface area contributed by atoms with Crippen LogP contribution in [0, 0.1) is 0 Å². The number of ether oxygens (including phenoxy) is 2. The Bertz CT molecular complexity index is 964. The van der Waals surface area contributed by atoms with Gasteiger partial charge in [-0.25, -0.2) is 0 Å². The predicted octanol–water partition coefficient (Wildman–Crippen LogP) is 2.35. The standard InChI is InChI=1S/C18H16N4O3/c1-12(18-21-20-16-4-2-3-9-22(16)18)19-17(23)8-6-13-5-7-14-15(10-13)25-11-24-14/h2-10,12H,11H2,1H3,(H,19,23)/t12-/m0/s1. The van der Waals surface area contributed by atoms with Gasteiger partial charge in [0.05, 0.1) is 6.04 Å². The summed E-state index contributed by atoms with van der Waals surface area (Å²) in [6, 6.07) is 10.9. The predicted molar refractivity (Wildman–Crippen MR) is 91.1 cm³/mol. The van der Waals surface area contributed by atoms with Gasteiger partial charge in [0.2, 0.25) is 12.7 Å². The molecule has 1 aliphatic heterocycles. The smallest absolute Gasteiger partial charge is 0.244 e. The first-order chi connectivity index (χ1) is 12.2. The fourth-order valence-electron chi connectivity index (χ4n) is 2.67. The highest BCUT2D eigenvalue weighted by Gasteiger charge is 2.15. The Morgan fingerprint density at radius 1 is 1.24 bits per heavy atom. The van der Waals surface area contributed by atoms with Crippen molar-refractivity contribution >= 4 is 17.6 Å². The lowest BCUT2D eigenvalue weighted by Crippen LogP contribution is -2.26. The third kappa shape index (κ3) is 3.03. The normalized spacial score (nSPS) is 14.1. The van der Waals surface area contributed by atoms with Crippen LogP contribution in [0.2, 0.25) is 0 Å². The number of fused-ring (bicyclic) bond motifs is 2. The zero-order valence-corrected chi connectivity index (χ0v) is 13.5. The van der Waals surface area contributed by atoms with E-state index in [1.165, 1.54) is 6.08 Å². The number of pyridine rings is 1. The van der Waals surface area contributed by atoms with E-state index in [-0.39, 0.29) is 18.7 Å². The summed E-state index contributed by atoms with van der Waals surface area (Å²) in [6.45, 7) is 2.10. The minimum atomic E-state index is -0.272. The number of nitrogens with one attached hydrogen (secondary N) is 1. The first kappa shape index (κ1) is 15.2. The largest absolute Gasteiger partial charge is 0.454 e. The Balaban J connectivity index is 1.45. The van der Waals surface area contributed by atoms with Crippen molar-refractivity contribution < 1.29 is 14.3 Å². The minimum Gasteiger partial charge on any atom is -0.454 e. The molecule has 0 radical (unpaired) electrons. The van der Waals surface area contributed by atoms with Gasteiger partial charge >= 0.3 is 0 Å². The van der Waals surface area contributed by atoms with Crippen LogP contribution >= 0.6 is 0 Å². The van der Waals surface area contributed by atoms with Crippen molar-refractivity contribution in [1.82, 2.24) is 19.9 Å². The van der Waals surface area contributed by atoms with Crippen LogP contribution in [0.5, 0.6) is 11.5 Å². The Kier molecular flexibility index (Phi) is 3.81. The molecule has 7 heteroatoms. The molecule has 3 heterocycles. The maximum absolute atomic E-state index is 12.2. The zero-order valence-electron chi connectivity index (χ0n) is 13.5. The van der Waals surface area contributed by atoms with Crippen LogP contribution in [0.3, 0.4) is 0 Å². The van der Waals surface area contributed by atoms with Crippen LogP contribution in [0.15, 0.2) is 48.7 Å². The van der Waals surface area contributed by atoms with E-state index in [1.54, 1.807) is 6.08 Å². The van der Waals surface area contributed by atoms with Crippen molar-refractivity contribution in [3.05, 3.63) is 60.1 Å². The SMILES string of the molecule is C[C@H](NC(=O)C=Cc1ccc2c(c1)OCO2)c1nnc2ccccn12. The van der Waals surface area contributed by atoms with Crippen molar-refractivity contribution in [2.24, 2.45) is 0 Å². The highest BCUT2D eigenvalue weighted by Crippen LogP contribution is 2.32. The zero-order chi connectivity index (χ0) is 17.2. The first-order valence-electron chi connectivity index (χ1n) is 7.88. The van der Waals surface area contributed by atoms with Gasteiger partial charge in [0.25, 0.3) is 0 Å². The fourth-order valence-corrected chi connectivity index (χ4v) is 2.67. The van der Waals surface area contributed by atoms with E-state index < -0.39 is 0 Å². The molecule has 7 nitrogen and oxygen atoms in total. The van der Waals surface area contributed by atoms with Crippen molar-refractivity contribution in [1.29, 1.82) is 0 Å². The lowest BCUT2D eigenvalue weighted by molar-refractivity contribution is -0.117. The highest BCUT2D eigenvalue weighted by atomic mass is 16.7. The molecule has 0 bridgehead atoms. The summed E-state index contributed by atoms with van der Waals surface area (Å²) < 4.78 is 12.4. The molecule has 1 aromatic carbocycles. The van der Waals surface area contributed by atoms with Gasteiger partial charge in [-0.1, -0.05) is 12.1 Å². The van der Waals surface area contributed by atoms with Gasteiger partial charge in [-0.3, -0.25) is 9.20 Å².